The molecule has 2 heterocycles. The number of benzene rings is 2. The Kier molecular flexibility index (Phi) is 5.12. The molecule has 0 bridgehead atoms. The molecule has 7 heteroatoms. The van der Waals surface area contributed by atoms with Crippen LogP contribution in [0.5, 0.6) is 17.2 Å². The molecular formula is C22H21NO6. The Bertz CT molecular complexity index is 1130. The van der Waals surface area contributed by atoms with Crippen molar-refractivity contribution in [3.05, 3.63) is 57.9 Å². The van der Waals surface area contributed by atoms with E-state index in [-0.39, 0.29) is 18.7 Å². The van der Waals surface area contributed by atoms with Crippen LogP contribution in [0.25, 0.3) is 11.0 Å². The van der Waals surface area contributed by atoms with E-state index in [2.05, 4.69) is 5.32 Å². The molecule has 4 rings (SSSR count). The van der Waals surface area contributed by atoms with E-state index in [1.54, 1.807) is 31.4 Å². The molecule has 0 spiro atoms. The summed E-state index contributed by atoms with van der Waals surface area (Å²) in [5.74, 6) is 1.69. The highest BCUT2D eigenvalue weighted by Crippen LogP contribution is 2.32. The van der Waals surface area contributed by atoms with Gasteiger partial charge in [0, 0.05) is 35.2 Å². The molecule has 1 amide bonds. The van der Waals surface area contributed by atoms with E-state index in [4.69, 9.17) is 18.6 Å². The van der Waals surface area contributed by atoms with Gasteiger partial charge in [-0.3, -0.25) is 4.79 Å². The van der Waals surface area contributed by atoms with Crippen LogP contribution in [-0.2, 0) is 11.2 Å². The van der Waals surface area contributed by atoms with Crippen molar-refractivity contribution in [1.29, 1.82) is 0 Å². The summed E-state index contributed by atoms with van der Waals surface area (Å²) in [4.78, 5) is 24.8. The van der Waals surface area contributed by atoms with Gasteiger partial charge in [-0.2, -0.15) is 0 Å². The molecule has 0 unspecified atom stereocenters. The van der Waals surface area contributed by atoms with Crippen LogP contribution in [0, 0.1) is 6.92 Å². The normalized spacial score (nSPS) is 12.6. The predicted octanol–water partition coefficient (Wildman–Crippen LogP) is 3.45. The fourth-order valence-electron chi connectivity index (χ4n) is 3.37. The monoisotopic (exact) mass is 395 g/mol. The lowest BCUT2D eigenvalue weighted by molar-refractivity contribution is -0.116. The number of hydrogen-bond donors (Lipinski definition) is 1. The average molecular weight is 395 g/mol. The lowest BCUT2D eigenvalue weighted by Gasteiger charge is -2.19. The Balaban J connectivity index is 1.48. The van der Waals surface area contributed by atoms with Gasteiger partial charge in [-0.25, -0.2) is 4.79 Å². The summed E-state index contributed by atoms with van der Waals surface area (Å²) in [6, 6.07) is 10.6. The number of aryl methyl sites for hydroxylation is 1. The molecule has 0 saturated heterocycles. The summed E-state index contributed by atoms with van der Waals surface area (Å²) < 4.78 is 21.6. The first-order chi connectivity index (χ1) is 14.0. The third kappa shape index (κ3) is 3.89. The third-order valence-electron chi connectivity index (χ3n) is 4.92. The Morgan fingerprint density at radius 1 is 1.10 bits per heavy atom. The van der Waals surface area contributed by atoms with E-state index in [0.717, 1.165) is 10.9 Å². The lowest BCUT2D eigenvalue weighted by Crippen LogP contribution is -2.18. The summed E-state index contributed by atoms with van der Waals surface area (Å²) in [5.41, 5.74) is 1.96. The predicted molar refractivity (Wildman–Crippen MR) is 108 cm³/mol. The Morgan fingerprint density at radius 3 is 2.69 bits per heavy atom. The molecule has 1 N–H and O–H groups in total. The van der Waals surface area contributed by atoms with E-state index in [0.29, 0.717) is 47.3 Å². The number of amides is 1. The van der Waals surface area contributed by atoms with E-state index in [9.17, 15) is 9.59 Å². The van der Waals surface area contributed by atoms with E-state index in [1.165, 1.54) is 0 Å². The number of nitrogens with one attached hydrogen (secondary N) is 1. The van der Waals surface area contributed by atoms with E-state index < -0.39 is 5.63 Å². The van der Waals surface area contributed by atoms with Gasteiger partial charge >= 0.3 is 5.63 Å². The molecule has 0 aliphatic carbocycles. The molecule has 1 aliphatic heterocycles. The first kappa shape index (κ1) is 18.9. The minimum atomic E-state index is -0.435. The Labute approximate surface area is 167 Å². The van der Waals surface area contributed by atoms with Crippen LogP contribution in [0.1, 0.15) is 17.5 Å². The van der Waals surface area contributed by atoms with Crippen LogP contribution in [-0.4, -0.2) is 26.2 Å². The summed E-state index contributed by atoms with van der Waals surface area (Å²) in [5, 5.41) is 3.66. The summed E-state index contributed by atoms with van der Waals surface area (Å²) in [6.45, 7) is 2.85. The lowest BCUT2D eigenvalue weighted by atomic mass is 10.0. The molecule has 0 radical (unpaired) electrons. The molecule has 3 aromatic rings. The molecule has 1 aromatic heterocycles. The van der Waals surface area contributed by atoms with Crippen LogP contribution < -0.4 is 25.2 Å². The van der Waals surface area contributed by atoms with Crippen molar-refractivity contribution in [2.75, 3.05) is 25.6 Å². The quantitative estimate of drug-likeness (QED) is 0.666. The van der Waals surface area contributed by atoms with Crippen molar-refractivity contribution in [3.63, 3.8) is 0 Å². The number of rotatable bonds is 5. The smallest absolute Gasteiger partial charge is 0.339 e. The molecule has 29 heavy (non-hydrogen) atoms. The molecule has 1 aliphatic rings. The minimum absolute atomic E-state index is 0.154. The highest BCUT2D eigenvalue weighted by Gasteiger charge is 2.15. The van der Waals surface area contributed by atoms with Crippen LogP contribution in [0.4, 0.5) is 5.69 Å². The zero-order chi connectivity index (χ0) is 20.4. The maximum Gasteiger partial charge on any atom is 0.339 e. The average Bonchev–Trinajstić information content (AvgIpc) is 2.73. The molecule has 7 nitrogen and oxygen atoms in total. The van der Waals surface area contributed by atoms with E-state index in [1.807, 2.05) is 19.1 Å². The minimum Gasteiger partial charge on any atom is -0.497 e. The summed E-state index contributed by atoms with van der Waals surface area (Å²) in [7, 11) is 1.56. The van der Waals surface area contributed by atoms with Crippen molar-refractivity contribution in [2.24, 2.45) is 0 Å². The number of methoxy groups -OCH3 is 1. The third-order valence-corrected chi connectivity index (χ3v) is 4.92. The number of hydrogen-bond acceptors (Lipinski definition) is 6. The Morgan fingerprint density at radius 2 is 1.90 bits per heavy atom. The molecule has 0 fully saturated rings. The van der Waals surface area contributed by atoms with Crippen molar-refractivity contribution in [2.45, 2.75) is 19.8 Å². The summed E-state index contributed by atoms with van der Waals surface area (Å²) >= 11 is 0. The molecule has 2 aromatic carbocycles. The van der Waals surface area contributed by atoms with Crippen LogP contribution >= 0.6 is 0 Å². The fourth-order valence-corrected chi connectivity index (χ4v) is 3.37. The first-order valence-electron chi connectivity index (χ1n) is 9.35. The van der Waals surface area contributed by atoms with Gasteiger partial charge in [0.1, 0.15) is 24.5 Å². The molecule has 0 atom stereocenters. The van der Waals surface area contributed by atoms with Gasteiger partial charge in [0.15, 0.2) is 11.5 Å². The standard InChI is InChI=1S/C22H21NO6/c1-13-16-5-4-15(26-2)12-19(16)29-22(25)17(13)6-8-21(24)23-14-3-7-18-20(11-14)28-10-9-27-18/h3-5,7,11-12H,6,8-10H2,1-2H3,(H,23,24). The molecule has 150 valence electrons. The second kappa shape index (κ2) is 7.87. The topological polar surface area (TPSA) is 87.0 Å². The number of carbonyl (C=O) groups is 1. The van der Waals surface area contributed by atoms with Crippen LogP contribution in [0.15, 0.2) is 45.6 Å². The highest BCUT2D eigenvalue weighted by atomic mass is 16.6. The number of anilines is 1. The van der Waals surface area contributed by atoms with Crippen LogP contribution in [0.3, 0.4) is 0 Å². The summed E-state index contributed by atoms with van der Waals surface area (Å²) in [6.07, 6.45) is 0.439. The van der Waals surface area contributed by atoms with Crippen LogP contribution in [0.2, 0.25) is 0 Å². The number of carbonyl (C=O) groups excluding carboxylic acids is 1. The number of ether oxygens (including phenoxy) is 3. The van der Waals surface area contributed by atoms with Gasteiger partial charge in [0.05, 0.1) is 7.11 Å². The zero-order valence-corrected chi connectivity index (χ0v) is 16.2. The SMILES string of the molecule is COc1ccc2c(C)c(CCC(=O)Nc3ccc4c(c3)OCCO4)c(=O)oc2c1. The van der Waals surface area contributed by atoms with Gasteiger partial charge in [-0.15, -0.1) is 0 Å². The van der Waals surface area contributed by atoms with E-state index >= 15 is 0 Å². The van der Waals surface area contributed by atoms with Gasteiger partial charge in [0.25, 0.3) is 0 Å². The Hall–Kier alpha value is -3.48. The second-order valence-electron chi connectivity index (χ2n) is 6.76. The van der Waals surface area contributed by atoms with Gasteiger partial charge in [-0.1, -0.05) is 0 Å². The maximum atomic E-state index is 12.4. The van der Waals surface area contributed by atoms with Crippen molar-refractivity contribution < 1.29 is 23.4 Å². The fraction of sp³-hybridized carbons (Fsp3) is 0.273. The zero-order valence-electron chi connectivity index (χ0n) is 16.2. The number of fused-ring (bicyclic) bond motifs is 2. The van der Waals surface area contributed by atoms with Gasteiger partial charge < -0.3 is 23.9 Å². The second-order valence-corrected chi connectivity index (χ2v) is 6.76. The van der Waals surface area contributed by atoms with Gasteiger partial charge in [-0.05, 0) is 43.2 Å². The molecular weight excluding hydrogens is 374 g/mol. The van der Waals surface area contributed by atoms with Crippen molar-refractivity contribution in [1.82, 2.24) is 0 Å². The van der Waals surface area contributed by atoms with Crippen molar-refractivity contribution >= 4 is 22.6 Å². The largest absolute Gasteiger partial charge is 0.497 e. The van der Waals surface area contributed by atoms with Crippen molar-refractivity contribution in [3.8, 4) is 17.2 Å². The highest BCUT2D eigenvalue weighted by molar-refractivity contribution is 5.91. The maximum absolute atomic E-state index is 12.4. The molecule has 0 saturated carbocycles. The van der Waals surface area contributed by atoms with Gasteiger partial charge in [0.2, 0.25) is 5.91 Å². The first-order valence-corrected chi connectivity index (χ1v) is 9.35.